The van der Waals surface area contributed by atoms with Gasteiger partial charge >= 0.3 is 0 Å². The van der Waals surface area contributed by atoms with E-state index in [1.807, 2.05) is 19.1 Å². The summed E-state index contributed by atoms with van der Waals surface area (Å²) in [6, 6.07) is 14.6. The van der Waals surface area contributed by atoms with Crippen LogP contribution in [0, 0.1) is 6.92 Å². The van der Waals surface area contributed by atoms with Crippen LogP contribution in [-0.4, -0.2) is 19.5 Å². The zero-order valence-electron chi connectivity index (χ0n) is 14.2. The van der Waals surface area contributed by atoms with Crippen LogP contribution in [0.15, 0.2) is 42.5 Å². The summed E-state index contributed by atoms with van der Waals surface area (Å²) in [5, 5.41) is 3.70. The molecule has 4 heteroatoms. The molecule has 2 atom stereocenters. The lowest BCUT2D eigenvalue weighted by Crippen LogP contribution is -3.10. The molecule has 0 aromatic heterocycles. The molecule has 3 nitrogen and oxygen atoms in total. The summed E-state index contributed by atoms with van der Waals surface area (Å²) in [5.41, 5.74) is 4.65. The molecule has 0 heterocycles. The summed E-state index contributed by atoms with van der Waals surface area (Å²) in [6.45, 7) is 2.41. The molecule has 0 bridgehead atoms. The van der Waals surface area contributed by atoms with Crippen LogP contribution >= 0.6 is 11.6 Å². The van der Waals surface area contributed by atoms with Gasteiger partial charge in [-0.15, -0.1) is 0 Å². The number of carbonyl (C=O) groups is 1. The molecule has 1 aliphatic carbocycles. The van der Waals surface area contributed by atoms with E-state index in [2.05, 4.69) is 36.6 Å². The first-order chi connectivity index (χ1) is 11.5. The fraction of sp³-hybridized carbons (Fsp3) is 0.350. The summed E-state index contributed by atoms with van der Waals surface area (Å²) in [4.78, 5) is 13.7. The predicted molar refractivity (Wildman–Crippen MR) is 98.7 cm³/mol. The molecule has 24 heavy (non-hydrogen) atoms. The number of quaternary nitrogens is 1. The number of carbonyl (C=O) groups excluding carboxylic acids is 1. The molecule has 2 aromatic rings. The van der Waals surface area contributed by atoms with E-state index in [-0.39, 0.29) is 5.91 Å². The number of rotatable bonds is 4. The Balaban J connectivity index is 1.67. The Hall–Kier alpha value is -1.84. The molecular weight excluding hydrogens is 320 g/mol. The van der Waals surface area contributed by atoms with Crippen LogP contribution in [0.25, 0.3) is 0 Å². The van der Waals surface area contributed by atoms with Gasteiger partial charge in [-0.2, -0.15) is 0 Å². The molecule has 3 rings (SSSR count). The molecule has 1 amide bonds. The van der Waals surface area contributed by atoms with Crippen molar-refractivity contribution in [3.8, 4) is 0 Å². The lowest BCUT2D eigenvalue weighted by atomic mass is 9.87. The number of hydrogen-bond acceptors (Lipinski definition) is 1. The minimum Gasteiger partial charge on any atom is -0.323 e. The highest BCUT2D eigenvalue weighted by molar-refractivity contribution is 6.30. The van der Waals surface area contributed by atoms with Gasteiger partial charge in [0.15, 0.2) is 6.54 Å². The Kier molecular flexibility index (Phi) is 5.22. The minimum absolute atomic E-state index is 0.0426. The number of halogens is 1. The monoisotopic (exact) mass is 343 g/mol. The molecule has 0 radical (unpaired) electrons. The normalized spacial score (nSPS) is 17.9. The fourth-order valence-electron chi connectivity index (χ4n) is 3.60. The quantitative estimate of drug-likeness (QED) is 0.878. The maximum absolute atomic E-state index is 12.4. The maximum atomic E-state index is 12.4. The van der Waals surface area contributed by atoms with Crippen LogP contribution in [-0.2, 0) is 11.2 Å². The van der Waals surface area contributed by atoms with Crippen molar-refractivity contribution in [3.05, 3.63) is 64.2 Å². The van der Waals surface area contributed by atoms with Gasteiger partial charge in [0.2, 0.25) is 0 Å². The van der Waals surface area contributed by atoms with E-state index in [1.165, 1.54) is 22.4 Å². The van der Waals surface area contributed by atoms with E-state index < -0.39 is 0 Å². The highest BCUT2D eigenvalue weighted by Crippen LogP contribution is 2.27. The van der Waals surface area contributed by atoms with Crippen LogP contribution in [0.4, 0.5) is 5.69 Å². The Morgan fingerprint density at radius 1 is 1.29 bits per heavy atom. The number of aryl methyl sites for hydroxylation is 2. The third-order valence-corrected chi connectivity index (χ3v) is 5.10. The summed E-state index contributed by atoms with van der Waals surface area (Å²) in [5.74, 6) is 0.0426. The summed E-state index contributed by atoms with van der Waals surface area (Å²) in [6.07, 6.45) is 3.48. The van der Waals surface area contributed by atoms with Crippen molar-refractivity contribution in [2.45, 2.75) is 32.2 Å². The number of nitrogens with one attached hydrogen (secondary N) is 2. The van der Waals surface area contributed by atoms with Crippen molar-refractivity contribution in [2.75, 3.05) is 18.9 Å². The second kappa shape index (κ2) is 7.37. The molecule has 126 valence electrons. The van der Waals surface area contributed by atoms with Crippen LogP contribution in [0.1, 0.15) is 35.6 Å². The number of amides is 1. The second-order valence-corrected chi connectivity index (χ2v) is 7.11. The average molecular weight is 344 g/mol. The minimum atomic E-state index is 0.0426. The lowest BCUT2D eigenvalue weighted by Gasteiger charge is -2.30. The van der Waals surface area contributed by atoms with Crippen molar-refractivity contribution in [3.63, 3.8) is 0 Å². The number of anilines is 1. The molecule has 2 aromatic carbocycles. The third-order valence-electron chi connectivity index (χ3n) is 4.87. The maximum Gasteiger partial charge on any atom is 0.279 e. The number of hydrogen-bond donors (Lipinski definition) is 2. The number of benzene rings is 2. The fourth-order valence-corrected chi connectivity index (χ4v) is 3.83. The molecule has 0 spiro atoms. The van der Waals surface area contributed by atoms with Crippen molar-refractivity contribution >= 4 is 23.2 Å². The Labute approximate surface area is 148 Å². The molecule has 1 unspecified atom stereocenters. The second-order valence-electron chi connectivity index (χ2n) is 6.67. The van der Waals surface area contributed by atoms with E-state index in [4.69, 9.17) is 11.6 Å². The van der Waals surface area contributed by atoms with Crippen LogP contribution in [0.3, 0.4) is 0 Å². The molecule has 0 saturated carbocycles. The predicted octanol–water partition coefficient (Wildman–Crippen LogP) is 3.18. The van der Waals surface area contributed by atoms with Gasteiger partial charge in [-0.25, -0.2) is 0 Å². The van der Waals surface area contributed by atoms with Gasteiger partial charge in [0.1, 0.15) is 6.04 Å². The summed E-state index contributed by atoms with van der Waals surface area (Å²) < 4.78 is 0. The standard InChI is InChI=1S/C20H23ClN2O/c1-14-12-16(21)10-11-18(14)22-20(24)13-23(2)19-9-5-7-15-6-3-4-8-17(15)19/h3-4,6,8,10-12,19H,5,7,9,13H2,1-2H3,(H,22,24)/p+1/t19-/m0/s1. The first-order valence-corrected chi connectivity index (χ1v) is 8.88. The number of fused-ring (bicyclic) bond motifs is 1. The molecule has 0 saturated heterocycles. The van der Waals surface area contributed by atoms with E-state index in [1.54, 1.807) is 6.07 Å². The van der Waals surface area contributed by atoms with Crippen molar-refractivity contribution < 1.29 is 9.69 Å². The van der Waals surface area contributed by atoms with Crippen molar-refractivity contribution in [1.82, 2.24) is 0 Å². The van der Waals surface area contributed by atoms with Crippen LogP contribution in [0.5, 0.6) is 0 Å². The van der Waals surface area contributed by atoms with E-state index in [0.29, 0.717) is 17.6 Å². The first-order valence-electron chi connectivity index (χ1n) is 8.50. The molecule has 2 N–H and O–H groups in total. The zero-order valence-corrected chi connectivity index (χ0v) is 15.0. The van der Waals surface area contributed by atoms with Crippen LogP contribution < -0.4 is 10.2 Å². The number of likely N-dealkylation sites (N-methyl/N-ethyl adjacent to an activating group) is 1. The SMILES string of the molecule is Cc1cc(Cl)ccc1NC(=O)C[NH+](C)[C@H]1CCCc2ccccc21. The van der Waals surface area contributed by atoms with E-state index in [9.17, 15) is 4.79 Å². The highest BCUT2D eigenvalue weighted by atomic mass is 35.5. The van der Waals surface area contributed by atoms with Crippen LogP contribution in [0.2, 0.25) is 5.02 Å². The molecule has 0 fully saturated rings. The molecule has 1 aliphatic rings. The summed E-state index contributed by atoms with van der Waals surface area (Å²) >= 11 is 5.97. The molecular formula is C20H24ClN2O+. The lowest BCUT2D eigenvalue weighted by molar-refractivity contribution is -0.905. The van der Waals surface area contributed by atoms with Gasteiger partial charge in [0.25, 0.3) is 5.91 Å². The van der Waals surface area contributed by atoms with Gasteiger partial charge < -0.3 is 10.2 Å². The van der Waals surface area contributed by atoms with E-state index in [0.717, 1.165) is 24.1 Å². The van der Waals surface area contributed by atoms with Gasteiger partial charge in [-0.1, -0.05) is 35.9 Å². The highest BCUT2D eigenvalue weighted by Gasteiger charge is 2.27. The Bertz CT molecular complexity index is 744. The smallest absolute Gasteiger partial charge is 0.279 e. The largest absolute Gasteiger partial charge is 0.323 e. The Morgan fingerprint density at radius 3 is 2.88 bits per heavy atom. The van der Waals surface area contributed by atoms with Gasteiger partial charge in [-0.05, 0) is 49.1 Å². The topological polar surface area (TPSA) is 33.5 Å². The average Bonchev–Trinajstić information content (AvgIpc) is 2.57. The van der Waals surface area contributed by atoms with Crippen molar-refractivity contribution in [2.24, 2.45) is 0 Å². The Morgan fingerprint density at radius 2 is 2.08 bits per heavy atom. The van der Waals surface area contributed by atoms with Gasteiger partial charge in [-0.3, -0.25) is 4.79 Å². The molecule has 0 aliphatic heterocycles. The zero-order chi connectivity index (χ0) is 17.1. The van der Waals surface area contributed by atoms with E-state index >= 15 is 0 Å². The summed E-state index contributed by atoms with van der Waals surface area (Å²) in [7, 11) is 2.11. The van der Waals surface area contributed by atoms with Gasteiger partial charge in [0, 0.05) is 22.7 Å². The first kappa shape index (κ1) is 17.0. The third kappa shape index (κ3) is 3.80. The van der Waals surface area contributed by atoms with Gasteiger partial charge in [0.05, 0.1) is 7.05 Å². The van der Waals surface area contributed by atoms with Crippen molar-refractivity contribution in [1.29, 1.82) is 0 Å².